The minimum Gasteiger partial charge on any atom is -0.497 e. The molecule has 132 valence electrons. The van der Waals surface area contributed by atoms with E-state index in [-0.39, 0.29) is 17.5 Å². The van der Waals surface area contributed by atoms with E-state index in [4.69, 9.17) is 4.74 Å². The highest BCUT2D eigenvalue weighted by Gasteiger charge is 2.31. The van der Waals surface area contributed by atoms with Crippen LogP contribution >= 0.6 is 0 Å². The van der Waals surface area contributed by atoms with Crippen LogP contribution in [0.15, 0.2) is 29.1 Å². The minimum absolute atomic E-state index is 0.0385. The number of aromatic nitrogens is 2. The van der Waals surface area contributed by atoms with Crippen molar-refractivity contribution in [2.45, 2.75) is 39.2 Å². The molecule has 25 heavy (non-hydrogen) atoms. The highest BCUT2D eigenvalue weighted by molar-refractivity contribution is 5.79. The first-order valence-electron chi connectivity index (χ1n) is 8.49. The summed E-state index contributed by atoms with van der Waals surface area (Å²) in [5.74, 6) is 1.37. The Labute approximate surface area is 146 Å². The second-order valence-electron chi connectivity index (χ2n) is 6.44. The molecule has 1 atom stereocenters. The summed E-state index contributed by atoms with van der Waals surface area (Å²) in [7, 11) is 1.61. The molecular formula is C19H23N3O3. The number of carbonyl (C=O) groups is 1. The zero-order chi connectivity index (χ0) is 18.0. The maximum absolute atomic E-state index is 12.8. The van der Waals surface area contributed by atoms with Gasteiger partial charge < -0.3 is 14.6 Å². The molecule has 0 radical (unpaired) electrons. The van der Waals surface area contributed by atoms with Crippen molar-refractivity contribution >= 4 is 5.91 Å². The second-order valence-corrected chi connectivity index (χ2v) is 6.44. The van der Waals surface area contributed by atoms with Gasteiger partial charge in [-0.25, -0.2) is 4.98 Å². The van der Waals surface area contributed by atoms with Gasteiger partial charge in [0.1, 0.15) is 11.6 Å². The molecule has 0 spiro atoms. The molecule has 2 heterocycles. The molecule has 1 N–H and O–H groups in total. The van der Waals surface area contributed by atoms with Crippen molar-refractivity contribution in [3.05, 3.63) is 57.3 Å². The molecule has 0 bridgehead atoms. The molecule has 0 unspecified atom stereocenters. The van der Waals surface area contributed by atoms with Crippen molar-refractivity contribution < 1.29 is 9.53 Å². The number of aryl methyl sites for hydroxylation is 1. The van der Waals surface area contributed by atoms with Crippen LogP contribution in [0.5, 0.6) is 5.75 Å². The predicted octanol–water partition coefficient (Wildman–Crippen LogP) is 2.30. The van der Waals surface area contributed by atoms with Crippen molar-refractivity contribution in [2.24, 2.45) is 0 Å². The van der Waals surface area contributed by atoms with Crippen LogP contribution in [0.2, 0.25) is 0 Å². The van der Waals surface area contributed by atoms with Gasteiger partial charge in [-0.1, -0.05) is 12.1 Å². The molecule has 0 aliphatic carbocycles. The first-order valence-corrected chi connectivity index (χ1v) is 8.49. The number of hydrogen-bond donors (Lipinski definition) is 1. The Hall–Kier alpha value is -2.63. The van der Waals surface area contributed by atoms with E-state index in [0.717, 1.165) is 24.2 Å². The lowest BCUT2D eigenvalue weighted by atomic mass is 10.1. The van der Waals surface area contributed by atoms with Crippen molar-refractivity contribution in [2.75, 3.05) is 13.7 Å². The van der Waals surface area contributed by atoms with Gasteiger partial charge >= 0.3 is 0 Å². The van der Waals surface area contributed by atoms with E-state index in [1.54, 1.807) is 14.0 Å². The second kappa shape index (κ2) is 7.09. The maximum Gasteiger partial charge on any atom is 0.254 e. The molecule has 6 heteroatoms. The predicted molar refractivity (Wildman–Crippen MR) is 94.7 cm³/mol. The number of ether oxygens (including phenoxy) is 1. The molecule has 1 saturated heterocycles. The smallest absolute Gasteiger partial charge is 0.254 e. The normalized spacial score (nSPS) is 16.9. The van der Waals surface area contributed by atoms with E-state index < -0.39 is 0 Å². The van der Waals surface area contributed by atoms with Gasteiger partial charge in [0.2, 0.25) is 5.91 Å². The first-order chi connectivity index (χ1) is 12.0. The van der Waals surface area contributed by atoms with E-state index >= 15 is 0 Å². The third-order valence-corrected chi connectivity index (χ3v) is 4.79. The number of hydrogen-bond acceptors (Lipinski definition) is 4. The Bertz CT molecular complexity index is 844. The van der Waals surface area contributed by atoms with E-state index in [2.05, 4.69) is 9.97 Å². The van der Waals surface area contributed by atoms with Crippen molar-refractivity contribution in [3.63, 3.8) is 0 Å². The van der Waals surface area contributed by atoms with Crippen LogP contribution in [0.4, 0.5) is 0 Å². The van der Waals surface area contributed by atoms with Crippen molar-refractivity contribution in [3.8, 4) is 5.75 Å². The number of likely N-dealkylation sites (tertiary alicyclic amines) is 1. The lowest BCUT2D eigenvalue weighted by molar-refractivity contribution is -0.131. The zero-order valence-corrected chi connectivity index (χ0v) is 14.8. The number of amides is 1. The molecule has 1 aliphatic rings. The summed E-state index contributed by atoms with van der Waals surface area (Å²) in [6, 6.07) is 7.37. The van der Waals surface area contributed by atoms with Gasteiger partial charge in [0.05, 0.1) is 19.6 Å². The summed E-state index contributed by atoms with van der Waals surface area (Å²) in [4.78, 5) is 34.0. The molecular weight excluding hydrogens is 318 g/mol. The Morgan fingerprint density at radius 3 is 2.92 bits per heavy atom. The number of H-pyrrole nitrogens is 1. The molecule has 1 aromatic heterocycles. The molecule has 6 nitrogen and oxygen atoms in total. The summed E-state index contributed by atoms with van der Waals surface area (Å²) < 4.78 is 5.22. The summed E-state index contributed by atoms with van der Waals surface area (Å²) in [6.07, 6.45) is 2.03. The fraction of sp³-hybridized carbons (Fsp3) is 0.421. The van der Waals surface area contributed by atoms with Crippen LogP contribution in [-0.2, 0) is 11.2 Å². The SMILES string of the molecule is COc1cccc(CC(=O)N2CCC[C@@H]2c2nc(C)c(C)c(=O)[nH]2)c1. The fourth-order valence-corrected chi connectivity index (χ4v) is 3.23. The number of benzene rings is 1. The molecule has 1 fully saturated rings. The van der Waals surface area contributed by atoms with Gasteiger partial charge in [-0.05, 0) is 44.4 Å². The Morgan fingerprint density at radius 1 is 1.40 bits per heavy atom. The van der Waals surface area contributed by atoms with Crippen LogP contribution < -0.4 is 10.3 Å². The average Bonchev–Trinajstić information content (AvgIpc) is 3.09. The number of carbonyl (C=O) groups excluding carboxylic acids is 1. The summed E-state index contributed by atoms with van der Waals surface area (Å²) in [5, 5.41) is 0. The van der Waals surface area contributed by atoms with Crippen molar-refractivity contribution in [1.29, 1.82) is 0 Å². The zero-order valence-electron chi connectivity index (χ0n) is 14.8. The molecule has 3 rings (SSSR count). The topological polar surface area (TPSA) is 75.3 Å². The molecule has 1 aliphatic heterocycles. The molecule has 2 aromatic rings. The number of rotatable bonds is 4. The van der Waals surface area contributed by atoms with Crippen LogP contribution in [0.1, 0.15) is 41.5 Å². The maximum atomic E-state index is 12.8. The van der Waals surface area contributed by atoms with Crippen LogP contribution in [0, 0.1) is 13.8 Å². The number of nitrogens with zero attached hydrogens (tertiary/aromatic N) is 2. The lowest BCUT2D eigenvalue weighted by Gasteiger charge is -2.24. The highest BCUT2D eigenvalue weighted by Crippen LogP contribution is 2.30. The van der Waals surface area contributed by atoms with Gasteiger partial charge in [-0.15, -0.1) is 0 Å². The van der Waals surface area contributed by atoms with Gasteiger partial charge in [0.15, 0.2) is 0 Å². The quantitative estimate of drug-likeness (QED) is 0.926. The third kappa shape index (κ3) is 3.57. The van der Waals surface area contributed by atoms with Gasteiger partial charge in [0, 0.05) is 17.8 Å². The first kappa shape index (κ1) is 17.2. The third-order valence-electron chi connectivity index (χ3n) is 4.79. The van der Waals surface area contributed by atoms with Gasteiger partial charge in [-0.2, -0.15) is 0 Å². The number of aromatic amines is 1. The monoisotopic (exact) mass is 341 g/mol. The van der Waals surface area contributed by atoms with Gasteiger partial charge in [0.25, 0.3) is 5.56 Å². The average molecular weight is 341 g/mol. The number of methoxy groups -OCH3 is 1. The number of nitrogens with one attached hydrogen (secondary N) is 1. The van der Waals surface area contributed by atoms with Crippen LogP contribution in [0.25, 0.3) is 0 Å². The molecule has 1 amide bonds. The van der Waals surface area contributed by atoms with E-state index in [9.17, 15) is 9.59 Å². The Kier molecular flexibility index (Phi) is 4.88. The standard InChI is InChI=1S/C19H23N3O3/c1-12-13(2)20-18(21-19(12)24)16-8-5-9-22(16)17(23)11-14-6-4-7-15(10-14)25-3/h4,6-7,10,16H,5,8-9,11H2,1-3H3,(H,20,21,24)/t16-/m1/s1. The summed E-state index contributed by atoms with van der Waals surface area (Å²) in [5.41, 5.74) is 2.12. The van der Waals surface area contributed by atoms with Crippen LogP contribution in [-0.4, -0.2) is 34.4 Å². The highest BCUT2D eigenvalue weighted by atomic mass is 16.5. The van der Waals surface area contributed by atoms with Gasteiger partial charge in [-0.3, -0.25) is 9.59 Å². The summed E-state index contributed by atoms with van der Waals surface area (Å²) >= 11 is 0. The summed E-state index contributed by atoms with van der Waals surface area (Å²) in [6.45, 7) is 4.26. The van der Waals surface area contributed by atoms with Crippen LogP contribution in [0.3, 0.4) is 0 Å². The van der Waals surface area contributed by atoms with E-state index in [1.807, 2.05) is 36.1 Å². The van der Waals surface area contributed by atoms with Crippen molar-refractivity contribution in [1.82, 2.24) is 14.9 Å². The molecule has 1 aromatic carbocycles. The largest absolute Gasteiger partial charge is 0.497 e. The van der Waals surface area contributed by atoms with E-state index in [0.29, 0.717) is 30.0 Å². The Morgan fingerprint density at radius 2 is 2.20 bits per heavy atom. The minimum atomic E-state index is -0.162. The fourth-order valence-electron chi connectivity index (χ4n) is 3.23. The lowest BCUT2D eigenvalue weighted by Crippen LogP contribution is -2.34. The van der Waals surface area contributed by atoms with E-state index in [1.165, 1.54) is 0 Å². The Balaban J connectivity index is 1.81. The molecule has 0 saturated carbocycles.